The van der Waals surface area contributed by atoms with Gasteiger partial charge in [0.25, 0.3) is 0 Å². The average molecular weight is 355 g/mol. The Kier molecular flexibility index (Phi) is 4.07. The number of alkyl halides is 3. The van der Waals surface area contributed by atoms with E-state index in [4.69, 9.17) is 4.74 Å². The number of rotatable bonds is 4. The number of hydrogen-bond acceptors (Lipinski definition) is 6. The average Bonchev–Trinajstić information content (AvgIpc) is 3.16. The second kappa shape index (κ2) is 6.07. The van der Waals surface area contributed by atoms with Crippen molar-refractivity contribution in [2.75, 3.05) is 7.11 Å². The third kappa shape index (κ3) is 3.25. The smallest absolute Gasteiger partial charge is 0.467 e. The summed E-state index contributed by atoms with van der Waals surface area (Å²) in [7, 11) is 2.93. The summed E-state index contributed by atoms with van der Waals surface area (Å²) in [5, 5.41) is 7.33. The highest BCUT2D eigenvalue weighted by atomic mass is 19.4. The van der Waals surface area contributed by atoms with E-state index in [1.807, 2.05) is 0 Å². The molecule has 0 saturated heterocycles. The van der Waals surface area contributed by atoms with E-state index >= 15 is 0 Å². The van der Waals surface area contributed by atoms with E-state index in [1.54, 1.807) is 12.1 Å². The van der Waals surface area contributed by atoms with Gasteiger partial charge in [-0.25, -0.2) is 14.0 Å². The zero-order chi connectivity index (χ0) is 18.2. The van der Waals surface area contributed by atoms with Crippen LogP contribution in [-0.4, -0.2) is 31.6 Å². The summed E-state index contributed by atoms with van der Waals surface area (Å²) in [6.07, 6.45) is -4.69. The highest BCUT2D eigenvalue weighted by Gasteiger charge is 2.38. The molecule has 132 valence electrons. The summed E-state index contributed by atoms with van der Waals surface area (Å²) in [5.74, 6) is -1.57. The van der Waals surface area contributed by atoms with Gasteiger partial charge >= 0.3 is 23.8 Å². The van der Waals surface area contributed by atoms with Crippen LogP contribution in [0.15, 0.2) is 33.6 Å². The van der Waals surface area contributed by atoms with Gasteiger partial charge in [0.15, 0.2) is 0 Å². The van der Waals surface area contributed by atoms with Crippen molar-refractivity contribution in [2.45, 2.75) is 12.7 Å². The monoisotopic (exact) mass is 355 g/mol. The van der Waals surface area contributed by atoms with Gasteiger partial charge in [-0.3, -0.25) is 0 Å². The SMILES string of the molecule is COc1nn(Cc2ccc(-c3noc(C(F)(F)F)n3)cc2)c(=O)n1C. The lowest BCUT2D eigenvalue weighted by atomic mass is 10.1. The van der Waals surface area contributed by atoms with Gasteiger partial charge in [-0.05, 0) is 5.56 Å². The maximum Gasteiger partial charge on any atom is 0.471 e. The van der Waals surface area contributed by atoms with Crippen molar-refractivity contribution in [3.8, 4) is 17.4 Å². The molecule has 0 N–H and O–H groups in total. The molecule has 1 aromatic carbocycles. The molecule has 0 spiro atoms. The van der Waals surface area contributed by atoms with Crippen LogP contribution in [0.25, 0.3) is 11.4 Å². The number of benzene rings is 1. The van der Waals surface area contributed by atoms with Crippen LogP contribution in [0.3, 0.4) is 0 Å². The van der Waals surface area contributed by atoms with Crippen molar-refractivity contribution < 1.29 is 22.4 Å². The normalized spacial score (nSPS) is 11.7. The highest BCUT2D eigenvalue weighted by molar-refractivity contribution is 5.54. The van der Waals surface area contributed by atoms with E-state index in [0.29, 0.717) is 11.1 Å². The maximum absolute atomic E-state index is 12.5. The molecular formula is C14H12F3N5O3. The van der Waals surface area contributed by atoms with E-state index in [1.165, 1.54) is 35.5 Å². The Morgan fingerprint density at radius 2 is 1.92 bits per heavy atom. The second-order valence-electron chi connectivity index (χ2n) is 5.10. The van der Waals surface area contributed by atoms with Gasteiger partial charge in [0.05, 0.1) is 13.7 Å². The molecule has 0 unspecified atom stereocenters. The second-order valence-corrected chi connectivity index (χ2v) is 5.10. The summed E-state index contributed by atoms with van der Waals surface area (Å²) < 4.78 is 49.1. The molecule has 0 aliphatic heterocycles. The zero-order valence-electron chi connectivity index (χ0n) is 13.1. The summed E-state index contributed by atoms with van der Waals surface area (Å²) in [6, 6.07) is 6.50. The molecule has 3 aromatic rings. The molecule has 0 amide bonds. The van der Waals surface area contributed by atoms with Crippen molar-refractivity contribution >= 4 is 0 Å². The number of hydrogen-bond donors (Lipinski definition) is 0. The van der Waals surface area contributed by atoms with E-state index in [0.717, 1.165) is 0 Å². The fraction of sp³-hybridized carbons (Fsp3) is 0.286. The van der Waals surface area contributed by atoms with E-state index in [9.17, 15) is 18.0 Å². The number of ether oxygens (including phenoxy) is 1. The van der Waals surface area contributed by atoms with Gasteiger partial charge in [0.2, 0.25) is 5.82 Å². The molecular weight excluding hydrogens is 343 g/mol. The van der Waals surface area contributed by atoms with Crippen molar-refractivity contribution in [1.29, 1.82) is 0 Å². The maximum atomic E-state index is 12.5. The number of methoxy groups -OCH3 is 1. The van der Waals surface area contributed by atoms with Crippen molar-refractivity contribution in [3.05, 3.63) is 46.2 Å². The third-order valence-corrected chi connectivity index (χ3v) is 3.40. The number of nitrogens with zero attached hydrogens (tertiary/aromatic N) is 5. The van der Waals surface area contributed by atoms with Gasteiger partial charge in [0, 0.05) is 12.6 Å². The lowest BCUT2D eigenvalue weighted by Gasteiger charge is -2.01. The Morgan fingerprint density at radius 3 is 2.44 bits per heavy atom. The summed E-state index contributed by atoms with van der Waals surface area (Å²) in [6.45, 7) is 0.177. The van der Waals surface area contributed by atoms with Crippen LogP contribution in [0.2, 0.25) is 0 Å². The summed E-state index contributed by atoms with van der Waals surface area (Å²) >= 11 is 0. The van der Waals surface area contributed by atoms with Crippen LogP contribution < -0.4 is 10.4 Å². The van der Waals surface area contributed by atoms with Gasteiger partial charge in [-0.2, -0.15) is 18.2 Å². The minimum absolute atomic E-state index is 0.171. The summed E-state index contributed by atoms with van der Waals surface area (Å²) in [4.78, 5) is 15.3. The van der Waals surface area contributed by atoms with Gasteiger partial charge in [-0.1, -0.05) is 29.4 Å². The van der Waals surface area contributed by atoms with E-state index in [2.05, 4.69) is 19.8 Å². The van der Waals surface area contributed by atoms with Crippen LogP contribution >= 0.6 is 0 Å². The fourth-order valence-corrected chi connectivity index (χ4v) is 2.14. The quantitative estimate of drug-likeness (QED) is 0.708. The van der Waals surface area contributed by atoms with Crippen LogP contribution in [0, 0.1) is 0 Å². The van der Waals surface area contributed by atoms with Crippen LogP contribution in [0.5, 0.6) is 6.01 Å². The van der Waals surface area contributed by atoms with E-state index in [-0.39, 0.29) is 24.1 Å². The molecule has 0 saturated carbocycles. The Labute approximate surface area is 138 Å². The van der Waals surface area contributed by atoms with Crippen molar-refractivity contribution in [3.63, 3.8) is 0 Å². The predicted molar refractivity (Wildman–Crippen MR) is 77.9 cm³/mol. The minimum Gasteiger partial charge on any atom is -0.467 e. The first kappa shape index (κ1) is 16.7. The molecule has 2 heterocycles. The van der Waals surface area contributed by atoms with Crippen molar-refractivity contribution in [2.24, 2.45) is 7.05 Å². The van der Waals surface area contributed by atoms with Crippen LogP contribution in [0.4, 0.5) is 13.2 Å². The summed E-state index contributed by atoms with van der Waals surface area (Å²) in [5.41, 5.74) is 0.717. The van der Waals surface area contributed by atoms with Gasteiger partial charge < -0.3 is 9.26 Å². The molecule has 0 fully saturated rings. The topological polar surface area (TPSA) is 88.0 Å². The molecule has 0 bridgehead atoms. The molecule has 0 radical (unpaired) electrons. The molecule has 8 nitrogen and oxygen atoms in total. The number of aromatic nitrogens is 5. The molecule has 25 heavy (non-hydrogen) atoms. The first-order valence-electron chi connectivity index (χ1n) is 6.97. The molecule has 0 aliphatic rings. The zero-order valence-corrected chi connectivity index (χ0v) is 13.1. The van der Waals surface area contributed by atoms with E-state index < -0.39 is 12.1 Å². The van der Waals surface area contributed by atoms with Gasteiger partial charge in [-0.15, -0.1) is 5.10 Å². The van der Waals surface area contributed by atoms with Crippen LogP contribution in [0.1, 0.15) is 11.5 Å². The van der Waals surface area contributed by atoms with Crippen LogP contribution in [-0.2, 0) is 19.8 Å². The third-order valence-electron chi connectivity index (χ3n) is 3.40. The number of halogens is 3. The predicted octanol–water partition coefficient (Wildman–Crippen LogP) is 1.71. The highest BCUT2D eigenvalue weighted by Crippen LogP contribution is 2.29. The molecule has 3 rings (SSSR count). The standard InChI is InChI=1S/C14H12F3N5O3/c1-21-12(24-2)19-22(13(21)23)7-8-3-5-9(6-4-8)10-18-11(25-20-10)14(15,16)17/h3-6H,7H2,1-2H3. The molecule has 0 aliphatic carbocycles. The Balaban J connectivity index is 1.81. The fourth-order valence-electron chi connectivity index (χ4n) is 2.14. The lowest BCUT2D eigenvalue weighted by molar-refractivity contribution is -0.159. The molecule has 0 atom stereocenters. The first-order valence-corrected chi connectivity index (χ1v) is 6.97. The minimum atomic E-state index is -4.69. The van der Waals surface area contributed by atoms with Crippen molar-refractivity contribution in [1.82, 2.24) is 24.5 Å². The Hall–Kier alpha value is -3.11. The van der Waals surface area contributed by atoms with Gasteiger partial charge in [0.1, 0.15) is 0 Å². The molecule has 2 aromatic heterocycles. The Morgan fingerprint density at radius 1 is 1.24 bits per heavy atom. The Bertz CT molecular complexity index is 940. The first-order chi connectivity index (χ1) is 11.8. The molecule has 11 heteroatoms. The largest absolute Gasteiger partial charge is 0.471 e. The lowest BCUT2D eigenvalue weighted by Crippen LogP contribution is -2.23.